The lowest BCUT2D eigenvalue weighted by molar-refractivity contribution is -0.116. The maximum atomic E-state index is 12.7. The van der Waals surface area contributed by atoms with Gasteiger partial charge in [-0.3, -0.25) is 10.1 Å². The third-order valence-electron chi connectivity index (χ3n) is 3.55. The van der Waals surface area contributed by atoms with Crippen molar-refractivity contribution in [2.75, 3.05) is 5.32 Å². The zero-order valence-corrected chi connectivity index (χ0v) is 12.9. The molecular weight excluding hydrogens is 326 g/mol. The first kappa shape index (κ1) is 14.9. The normalized spacial score (nSPS) is 16.0. The van der Waals surface area contributed by atoms with Gasteiger partial charge in [-0.1, -0.05) is 11.6 Å². The number of hydrogen-bond donors (Lipinski definition) is 1. The second-order valence-electron chi connectivity index (χ2n) is 4.98. The Bertz CT molecular complexity index is 803. The lowest BCUT2D eigenvalue weighted by atomic mass is 10.4. The molecule has 2 aromatic rings. The third kappa shape index (κ3) is 2.46. The highest BCUT2D eigenvalue weighted by Gasteiger charge is 2.61. The first-order valence-electron chi connectivity index (χ1n) is 6.54. The number of hydrogen-bond acceptors (Lipinski definition) is 5. The predicted molar refractivity (Wildman–Crippen MR) is 81.3 cm³/mol. The molecule has 22 heavy (non-hydrogen) atoms. The van der Waals surface area contributed by atoms with Gasteiger partial charge in [0.25, 0.3) is 0 Å². The Labute approximate surface area is 132 Å². The summed E-state index contributed by atoms with van der Waals surface area (Å²) < 4.78 is 24.0. The quantitative estimate of drug-likeness (QED) is 0.922. The molecule has 0 atom stereocenters. The molecule has 8 heteroatoms. The van der Waals surface area contributed by atoms with E-state index in [1.54, 1.807) is 6.07 Å². The molecule has 1 aromatic carbocycles. The molecule has 0 saturated heterocycles. The molecule has 0 spiro atoms. The fraction of sp³-hybridized carbons (Fsp3) is 0.214. The molecule has 114 valence electrons. The van der Waals surface area contributed by atoms with Crippen LogP contribution in [0.4, 0.5) is 5.95 Å². The Kier molecular flexibility index (Phi) is 3.62. The zero-order valence-electron chi connectivity index (χ0n) is 11.4. The topological polar surface area (TPSA) is 89.0 Å². The van der Waals surface area contributed by atoms with Crippen LogP contribution in [0.15, 0.2) is 47.6 Å². The van der Waals surface area contributed by atoms with Crippen LogP contribution in [0.2, 0.25) is 5.02 Å². The van der Waals surface area contributed by atoms with Crippen molar-refractivity contribution in [1.29, 1.82) is 0 Å². The largest absolute Gasteiger partial charge is 0.293 e. The smallest absolute Gasteiger partial charge is 0.248 e. The van der Waals surface area contributed by atoms with Gasteiger partial charge in [0.05, 0.1) is 4.90 Å². The number of aromatic nitrogens is 2. The van der Waals surface area contributed by atoms with E-state index in [1.807, 2.05) is 0 Å². The molecule has 3 rings (SSSR count). The molecule has 1 aromatic heterocycles. The summed E-state index contributed by atoms with van der Waals surface area (Å²) in [4.78, 5) is 20.2. The van der Waals surface area contributed by atoms with Gasteiger partial charge >= 0.3 is 0 Å². The Morgan fingerprint density at radius 2 is 1.73 bits per heavy atom. The van der Waals surface area contributed by atoms with Gasteiger partial charge in [0.1, 0.15) is 0 Å². The molecule has 1 aliphatic carbocycles. The molecule has 0 aliphatic heterocycles. The number of carbonyl (C=O) groups is 1. The van der Waals surface area contributed by atoms with Gasteiger partial charge in [0.15, 0.2) is 14.6 Å². The summed E-state index contributed by atoms with van der Waals surface area (Å²) in [6.07, 6.45) is 3.49. The Morgan fingerprint density at radius 1 is 1.14 bits per heavy atom. The summed E-state index contributed by atoms with van der Waals surface area (Å²) in [6.45, 7) is 0. The SMILES string of the molecule is O=C(Nc1ncccn1)C1(S(=O)(=O)c2ccc(Cl)cc2)CC1. The van der Waals surface area contributed by atoms with E-state index in [0.717, 1.165) is 0 Å². The van der Waals surface area contributed by atoms with E-state index < -0.39 is 20.5 Å². The number of amides is 1. The monoisotopic (exact) mass is 337 g/mol. The molecule has 1 saturated carbocycles. The van der Waals surface area contributed by atoms with E-state index in [-0.39, 0.29) is 23.7 Å². The van der Waals surface area contributed by atoms with Gasteiger partial charge < -0.3 is 0 Å². The van der Waals surface area contributed by atoms with Gasteiger partial charge in [0.2, 0.25) is 11.9 Å². The maximum Gasteiger partial charge on any atom is 0.248 e. The van der Waals surface area contributed by atoms with Crippen molar-refractivity contribution in [1.82, 2.24) is 9.97 Å². The van der Waals surface area contributed by atoms with Crippen molar-refractivity contribution in [3.63, 3.8) is 0 Å². The van der Waals surface area contributed by atoms with Crippen LogP contribution in [-0.4, -0.2) is 29.0 Å². The number of nitrogens with one attached hydrogen (secondary N) is 1. The minimum absolute atomic E-state index is 0.0820. The summed E-state index contributed by atoms with van der Waals surface area (Å²) in [6, 6.07) is 7.40. The standard InChI is InChI=1S/C14H12ClN3O3S/c15-10-2-4-11(5-3-10)22(20,21)14(6-7-14)12(19)18-13-16-8-1-9-17-13/h1-5,8-9H,6-7H2,(H,16,17,18,19). The number of anilines is 1. The van der Waals surface area contributed by atoms with Gasteiger partial charge in [-0.25, -0.2) is 18.4 Å². The van der Waals surface area contributed by atoms with Crippen molar-refractivity contribution in [3.05, 3.63) is 47.7 Å². The van der Waals surface area contributed by atoms with E-state index in [0.29, 0.717) is 5.02 Å². The second kappa shape index (κ2) is 5.33. The fourth-order valence-electron chi connectivity index (χ4n) is 2.15. The van der Waals surface area contributed by atoms with E-state index in [1.165, 1.54) is 36.7 Å². The van der Waals surface area contributed by atoms with Gasteiger partial charge in [-0.15, -0.1) is 0 Å². The van der Waals surface area contributed by atoms with Crippen molar-refractivity contribution < 1.29 is 13.2 Å². The van der Waals surface area contributed by atoms with Gasteiger partial charge in [-0.2, -0.15) is 0 Å². The first-order valence-corrected chi connectivity index (χ1v) is 8.40. The van der Waals surface area contributed by atoms with Gasteiger partial charge in [0, 0.05) is 17.4 Å². The first-order chi connectivity index (χ1) is 10.5. The van der Waals surface area contributed by atoms with Crippen molar-refractivity contribution in [3.8, 4) is 0 Å². The van der Waals surface area contributed by atoms with Crippen LogP contribution >= 0.6 is 11.6 Å². The maximum absolute atomic E-state index is 12.7. The second-order valence-corrected chi connectivity index (χ2v) is 7.67. The van der Waals surface area contributed by atoms with Crippen LogP contribution in [-0.2, 0) is 14.6 Å². The average molecular weight is 338 g/mol. The minimum atomic E-state index is -3.79. The van der Waals surface area contributed by atoms with Crippen LogP contribution in [0.25, 0.3) is 0 Å². The third-order valence-corrected chi connectivity index (χ3v) is 6.31. The van der Waals surface area contributed by atoms with Crippen LogP contribution in [0.3, 0.4) is 0 Å². The van der Waals surface area contributed by atoms with E-state index in [9.17, 15) is 13.2 Å². The van der Waals surface area contributed by atoms with Crippen LogP contribution in [0.1, 0.15) is 12.8 Å². The number of rotatable bonds is 4. The molecule has 1 N–H and O–H groups in total. The van der Waals surface area contributed by atoms with Gasteiger partial charge in [-0.05, 0) is 43.2 Å². The molecule has 0 unspecified atom stereocenters. The predicted octanol–water partition coefficient (Wildman–Crippen LogP) is 2.07. The van der Waals surface area contributed by atoms with Crippen molar-refractivity contribution in [2.24, 2.45) is 0 Å². The van der Waals surface area contributed by atoms with Crippen molar-refractivity contribution >= 4 is 33.3 Å². The van der Waals surface area contributed by atoms with Crippen LogP contribution in [0.5, 0.6) is 0 Å². The van der Waals surface area contributed by atoms with E-state index in [2.05, 4.69) is 15.3 Å². The highest BCUT2D eigenvalue weighted by Crippen LogP contribution is 2.47. The molecule has 1 aliphatic rings. The summed E-state index contributed by atoms with van der Waals surface area (Å²) >= 11 is 5.77. The number of benzene rings is 1. The lowest BCUT2D eigenvalue weighted by Crippen LogP contribution is -2.37. The molecular formula is C14H12ClN3O3S. The lowest BCUT2D eigenvalue weighted by Gasteiger charge is -2.15. The average Bonchev–Trinajstić information content (AvgIpc) is 3.31. The minimum Gasteiger partial charge on any atom is -0.293 e. The van der Waals surface area contributed by atoms with Crippen LogP contribution < -0.4 is 5.32 Å². The number of carbonyl (C=O) groups excluding carboxylic acids is 1. The zero-order chi connectivity index (χ0) is 15.8. The fourth-order valence-corrected chi connectivity index (χ4v) is 4.16. The molecule has 1 amide bonds. The molecule has 0 radical (unpaired) electrons. The molecule has 6 nitrogen and oxygen atoms in total. The Balaban J connectivity index is 1.89. The number of nitrogens with zero attached hydrogens (tertiary/aromatic N) is 2. The van der Waals surface area contributed by atoms with Crippen molar-refractivity contribution in [2.45, 2.75) is 22.5 Å². The Morgan fingerprint density at radius 3 is 2.27 bits per heavy atom. The molecule has 1 fully saturated rings. The molecule has 0 bridgehead atoms. The summed E-state index contributed by atoms with van der Waals surface area (Å²) in [5.74, 6) is -0.515. The summed E-state index contributed by atoms with van der Waals surface area (Å²) in [5, 5.41) is 2.90. The summed E-state index contributed by atoms with van der Waals surface area (Å²) in [7, 11) is -3.79. The Hall–Kier alpha value is -1.99. The number of sulfone groups is 1. The van der Waals surface area contributed by atoms with E-state index in [4.69, 9.17) is 11.6 Å². The highest BCUT2D eigenvalue weighted by atomic mass is 35.5. The van der Waals surface area contributed by atoms with E-state index >= 15 is 0 Å². The summed E-state index contributed by atoms with van der Waals surface area (Å²) in [5.41, 5.74) is 0. The highest BCUT2D eigenvalue weighted by molar-refractivity contribution is 7.94. The molecule has 1 heterocycles. The van der Waals surface area contributed by atoms with Crippen LogP contribution in [0, 0.1) is 0 Å². The number of halogens is 1.